The van der Waals surface area contributed by atoms with Crippen molar-refractivity contribution in [3.05, 3.63) is 59.2 Å². The van der Waals surface area contributed by atoms with E-state index in [9.17, 15) is 9.59 Å². The van der Waals surface area contributed by atoms with Crippen molar-refractivity contribution in [3.8, 4) is 0 Å². The molecular weight excluding hydrogens is 280 g/mol. The molecule has 2 atom stereocenters. The number of carboxylic acids is 1. The number of carbonyl (C=O) groups excluding carboxylic acids is 1. The van der Waals surface area contributed by atoms with Crippen molar-refractivity contribution in [1.29, 1.82) is 0 Å². The van der Waals surface area contributed by atoms with Crippen LogP contribution in [0.25, 0.3) is 0 Å². The van der Waals surface area contributed by atoms with Crippen LogP contribution < -0.4 is 11.1 Å². The Kier molecular flexibility index (Phi) is 2.40. The second kappa shape index (κ2) is 4.10. The number of aromatic carboxylic acids is 1. The fourth-order valence-corrected chi connectivity index (χ4v) is 3.45. The van der Waals surface area contributed by atoms with Gasteiger partial charge in [0.1, 0.15) is 0 Å². The van der Waals surface area contributed by atoms with Gasteiger partial charge in [-0.15, -0.1) is 0 Å². The molecule has 1 aliphatic heterocycles. The molecule has 0 bridgehead atoms. The second-order valence-corrected chi connectivity index (χ2v) is 5.91. The number of fused-ring (bicyclic) bond motifs is 2. The van der Waals surface area contributed by atoms with Crippen LogP contribution in [0.2, 0.25) is 0 Å². The van der Waals surface area contributed by atoms with E-state index in [-0.39, 0.29) is 17.4 Å². The third-order valence-electron chi connectivity index (χ3n) is 4.70. The minimum absolute atomic E-state index is 0.0492. The molecule has 2 aromatic carbocycles. The van der Waals surface area contributed by atoms with Crippen LogP contribution in [0.4, 0.5) is 11.4 Å². The molecule has 1 fully saturated rings. The van der Waals surface area contributed by atoms with Crippen molar-refractivity contribution >= 4 is 23.3 Å². The zero-order chi connectivity index (χ0) is 15.5. The summed E-state index contributed by atoms with van der Waals surface area (Å²) in [5, 5.41) is 12.0. The molecule has 4 N–H and O–H groups in total. The molecule has 110 valence electrons. The van der Waals surface area contributed by atoms with E-state index in [1.165, 1.54) is 6.07 Å². The van der Waals surface area contributed by atoms with Gasteiger partial charge in [0.05, 0.1) is 11.0 Å². The van der Waals surface area contributed by atoms with Gasteiger partial charge in [0.15, 0.2) is 0 Å². The van der Waals surface area contributed by atoms with E-state index < -0.39 is 11.4 Å². The van der Waals surface area contributed by atoms with Gasteiger partial charge in [0.25, 0.3) is 0 Å². The number of nitrogens with one attached hydrogen (secondary N) is 1. The smallest absolute Gasteiger partial charge is 0.335 e. The molecule has 0 unspecified atom stereocenters. The first kappa shape index (κ1) is 12.9. The van der Waals surface area contributed by atoms with E-state index in [0.29, 0.717) is 17.8 Å². The fourth-order valence-electron chi connectivity index (χ4n) is 3.45. The average molecular weight is 294 g/mol. The zero-order valence-corrected chi connectivity index (χ0v) is 11.7. The average Bonchev–Trinajstić information content (AvgIpc) is 3.18. The molecule has 0 saturated heterocycles. The van der Waals surface area contributed by atoms with E-state index in [0.717, 1.165) is 11.1 Å². The highest BCUT2D eigenvalue weighted by molar-refractivity contribution is 6.10. The van der Waals surface area contributed by atoms with Gasteiger partial charge >= 0.3 is 5.97 Å². The van der Waals surface area contributed by atoms with E-state index >= 15 is 0 Å². The summed E-state index contributed by atoms with van der Waals surface area (Å²) in [5.41, 5.74) is 8.53. The Morgan fingerprint density at radius 2 is 1.95 bits per heavy atom. The monoisotopic (exact) mass is 294 g/mol. The molecule has 1 amide bonds. The van der Waals surface area contributed by atoms with Crippen LogP contribution in [0.1, 0.15) is 33.8 Å². The molecule has 0 radical (unpaired) electrons. The van der Waals surface area contributed by atoms with Crippen molar-refractivity contribution in [2.24, 2.45) is 0 Å². The maximum Gasteiger partial charge on any atom is 0.335 e. The number of amides is 1. The number of hydrogen-bond donors (Lipinski definition) is 3. The maximum absolute atomic E-state index is 12.5. The lowest BCUT2D eigenvalue weighted by atomic mass is 9.91. The number of anilines is 2. The third kappa shape index (κ3) is 1.59. The Hall–Kier alpha value is -2.82. The van der Waals surface area contributed by atoms with Crippen molar-refractivity contribution in [2.45, 2.75) is 17.8 Å². The molecule has 0 aromatic heterocycles. The summed E-state index contributed by atoms with van der Waals surface area (Å²) in [7, 11) is 0. The second-order valence-electron chi connectivity index (χ2n) is 5.91. The SMILES string of the molecule is Nc1ccc([C@@H]2C[C@]23C(=O)Nc2ccc(C(=O)O)cc23)cc1. The minimum atomic E-state index is -0.984. The van der Waals surface area contributed by atoms with Crippen LogP contribution in [0, 0.1) is 0 Å². The van der Waals surface area contributed by atoms with Crippen molar-refractivity contribution in [2.75, 3.05) is 11.1 Å². The van der Waals surface area contributed by atoms with Gasteiger partial charge < -0.3 is 16.2 Å². The largest absolute Gasteiger partial charge is 0.478 e. The van der Waals surface area contributed by atoms with E-state index in [2.05, 4.69) is 5.32 Å². The quantitative estimate of drug-likeness (QED) is 0.741. The highest BCUT2D eigenvalue weighted by Gasteiger charge is 2.65. The van der Waals surface area contributed by atoms with E-state index in [1.54, 1.807) is 12.1 Å². The van der Waals surface area contributed by atoms with Crippen LogP contribution in [0.5, 0.6) is 0 Å². The number of carbonyl (C=O) groups is 2. The topological polar surface area (TPSA) is 92.4 Å². The third-order valence-corrected chi connectivity index (χ3v) is 4.70. The fraction of sp³-hybridized carbons (Fsp3) is 0.176. The molecule has 1 spiro atoms. The summed E-state index contributed by atoms with van der Waals surface area (Å²) in [5.74, 6) is -0.966. The maximum atomic E-state index is 12.5. The summed E-state index contributed by atoms with van der Waals surface area (Å²) in [6, 6.07) is 12.3. The number of rotatable bonds is 2. The lowest BCUT2D eigenvalue weighted by molar-refractivity contribution is -0.118. The summed E-state index contributed by atoms with van der Waals surface area (Å²) in [6.45, 7) is 0. The van der Waals surface area contributed by atoms with Crippen LogP contribution >= 0.6 is 0 Å². The normalized spacial score (nSPS) is 24.9. The summed E-state index contributed by atoms with van der Waals surface area (Å²) in [4.78, 5) is 23.6. The van der Waals surface area contributed by atoms with Crippen LogP contribution in [-0.4, -0.2) is 17.0 Å². The van der Waals surface area contributed by atoms with Gasteiger partial charge in [-0.05, 0) is 47.9 Å². The van der Waals surface area contributed by atoms with Gasteiger partial charge in [-0.25, -0.2) is 4.79 Å². The Bertz CT molecular complexity index is 813. The zero-order valence-electron chi connectivity index (χ0n) is 11.7. The van der Waals surface area contributed by atoms with Gasteiger partial charge in [-0.2, -0.15) is 0 Å². The highest BCUT2D eigenvalue weighted by atomic mass is 16.4. The number of nitrogens with two attached hydrogens (primary N) is 1. The number of benzene rings is 2. The lowest BCUT2D eigenvalue weighted by Crippen LogP contribution is -2.21. The van der Waals surface area contributed by atoms with Gasteiger partial charge in [0.2, 0.25) is 5.91 Å². The molecule has 4 rings (SSSR count). The first-order chi connectivity index (χ1) is 10.5. The highest BCUT2D eigenvalue weighted by Crippen LogP contribution is 2.65. The molecule has 1 saturated carbocycles. The first-order valence-electron chi connectivity index (χ1n) is 7.07. The Labute approximate surface area is 126 Å². The van der Waals surface area contributed by atoms with Crippen molar-refractivity contribution < 1.29 is 14.7 Å². The minimum Gasteiger partial charge on any atom is -0.478 e. The molecule has 5 heteroatoms. The van der Waals surface area contributed by atoms with Gasteiger partial charge in [0, 0.05) is 17.3 Å². The van der Waals surface area contributed by atoms with Crippen LogP contribution in [0.15, 0.2) is 42.5 Å². The molecule has 5 nitrogen and oxygen atoms in total. The van der Waals surface area contributed by atoms with Crippen LogP contribution in [-0.2, 0) is 10.2 Å². The van der Waals surface area contributed by atoms with Gasteiger partial charge in [-0.1, -0.05) is 12.1 Å². The number of nitrogen functional groups attached to an aromatic ring is 1. The van der Waals surface area contributed by atoms with Gasteiger partial charge in [-0.3, -0.25) is 4.79 Å². The Morgan fingerprint density at radius 3 is 2.64 bits per heavy atom. The number of hydrogen-bond acceptors (Lipinski definition) is 3. The molecule has 2 aromatic rings. The molecule has 22 heavy (non-hydrogen) atoms. The summed E-state index contributed by atoms with van der Waals surface area (Å²) < 4.78 is 0. The molecule has 2 aliphatic rings. The van der Waals surface area contributed by atoms with Crippen molar-refractivity contribution in [1.82, 2.24) is 0 Å². The van der Waals surface area contributed by atoms with E-state index in [1.807, 2.05) is 24.3 Å². The van der Waals surface area contributed by atoms with Crippen LogP contribution in [0.3, 0.4) is 0 Å². The summed E-state index contributed by atoms with van der Waals surface area (Å²) in [6.07, 6.45) is 0.693. The standard InChI is InChI=1S/C17H14N2O3/c18-11-4-1-9(2-5-11)13-8-17(13)12-7-10(15(20)21)3-6-14(12)19-16(17)22/h1-7,13H,8,18H2,(H,19,22)(H,20,21)/t13-,17+/m0/s1. The Balaban J connectivity index is 1.79. The van der Waals surface area contributed by atoms with E-state index in [4.69, 9.17) is 10.8 Å². The molecular formula is C17H14N2O3. The van der Waals surface area contributed by atoms with Crippen molar-refractivity contribution in [3.63, 3.8) is 0 Å². The predicted octanol–water partition coefficient (Wildman–Crippen LogP) is 2.34. The first-order valence-corrected chi connectivity index (χ1v) is 7.07. The molecule has 1 heterocycles. The number of carboxylic acid groups (broad SMARTS) is 1. The lowest BCUT2D eigenvalue weighted by Gasteiger charge is -2.09. The molecule has 1 aliphatic carbocycles. The summed E-state index contributed by atoms with van der Waals surface area (Å²) >= 11 is 0. The Morgan fingerprint density at radius 1 is 1.23 bits per heavy atom. The predicted molar refractivity (Wildman–Crippen MR) is 81.9 cm³/mol.